The van der Waals surface area contributed by atoms with Gasteiger partial charge in [0.15, 0.2) is 0 Å². The zero-order chi connectivity index (χ0) is 24.3. The summed E-state index contributed by atoms with van der Waals surface area (Å²) >= 11 is 1.50. The number of sulfone groups is 1. The molecule has 1 atom stereocenters. The Kier molecular flexibility index (Phi) is 7.31. The third-order valence-electron chi connectivity index (χ3n) is 5.74. The van der Waals surface area contributed by atoms with Gasteiger partial charge < -0.3 is 10.1 Å². The highest BCUT2D eigenvalue weighted by atomic mass is 32.2. The Bertz CT molecular complexity index is 1330. The van der Waals surface area contributed by atoms with Crippen LogP contribution in [-0.4, -0.2) is 43.3 Å². The summed E-state index contributed by atoms with van der Waals surface area (Å²) < 4.78 is 28.7. The van der Waals surface area contributed by atoms with Crippen LogP contribution < -0.4 is 10.1 Å². The molecule has 0 aliphatic heterocycles. The largest absolute Gasteiger partial charge is 0.490 e. The monoisotopic (exact) mass is 496 g/mol. The van der Waals surface area contributed by atoms with Crippen LogP contribution in [0.25, 0.3) is 21.1 Å². The van der Waals surface area contributed by atoms with E-state index < -0.39 is 9.84 Å². The summed E-state index contributed by atoms with van der Waals surface area (Å²) in [7, 11) is -3.00. The minimum absolute atomic E-state index is 0.0139. The molecule has 9 heteroatoms. The number of nitrogens with zero attached hydrogens (tertiary/aromatic N) is 3. The Morgan fingerprint density at radius 3 is 2.76 bits per heavy atom. The number of rotatable bonds is 8. The van der Waals surface area contributed by atoms with E-state index in [9.17, 15) is 13.7 Å². The normalized spacial score (nSPS) is 15.7. The van der Waals surface area contributed by atoms with Gasteiger partial charge in [0, 0.05) is 30.0 Å². The molecule has 1 aliphatic rings. The van der Waals surface area contributed by atoms with Crippen molar-refractivity contribution in [1.82, 2.24) is 15.5 Å². The fraction of sp³-hybridized carbons (Fsp3) is 0.400. The molecular formula is C25H28N4O3S2. The van der Waals surface area contributed by atoms with Crippen LogP contribution in [0.4, 0.5) is 0 Å². The van der Waals surface area contributed by atoms with Gasteiger partial charge in [-0.25, -0.2) is 8.42 Å². The molecule has 0 fully saturated rings. The van der Waals surface area contributed by atoms with E-state index in [0.717, 1.165) is 40.4 Å². The minimum Gasteiger partial charge on any atom is -0.490 e. The molecule has 1 aromatic heterocycles. The van der Waals surface area contributed by atoms with E-state index in [1.54, 1.807) is 6.07 Å². The van der Waals surface area contributed by atoms with E-state index in [1.807, 2.05) is 32.0 Å². The molecule has 7 nitrogen and oxygen atoms in total. The first-order valence-electron chi connectivity index (χ1n) is 11.3. The lowest BCUT2D eigenvalue weighted by Gasteiger charge is -2.28. The summed E-state index contributed by atoms with van der Waals surface area (Å²) in [4.78, 5) is 0. The Balaban J connectivity index is 1.60. The summed E-state index contributed by atoms with van der Waals surface area (Å²) in [5.74, 6) is 0.696. The average Bonchev–Trinajstić information content (AvgIpc) is 3.28. The second-order valence-electron chi connectivity index (χ2n) is 8.80. The summed E-state index contributed by atoms with van der Waals surface area (Å²) in [6.45, 7) is 4.30. The van der Waals surface area contributed by atoms with Crippen LogP contribution in [0.3, 0.4) is 0 Å². The van der Waals surface area contributed by atoms with Gasteiger partial charge in [0.1, 0.15) is 31.7 Å². The van der Waals surface area contributed by atoms with Crippen molar-refractivity contribution in [3.8, 4) is 33.0 Å². The first-order chi connectivity index (χ1) is 16.2. The number of ether oxygens (including phenoxy) is 1. The van der Waals surface area contributed by atoms with Crippen molar-refractivity contribution in [3.63, 3.8) is 0 Å². The second-order valence-corrected chi connectivity index (χ2v) is 12.0. The molecule has 0 amide bonds. The third kappa shape index (κ3) is 5.63. The average molecular weight is 497 g/mol. The molecule has 178 valence electrons. The van der Waals surface area contributed by atoms with Crippen LogP contribution in [0.5, 0.6) is 5.75 Å². The first-order valence-corrected chi connectivity index (χ1v) is 14.2. The van der Waals surface area contributed by atoms with Gasteiger partial charge in [0.2, 0.25) is 0 Å². The molecule has 3 aromatic rings. The highest BCUT2D eigenvalue weighted by molar-refractivity contribution is 7.90. The number of benzene rings is 2. The zero-order valence-corrected chi connectivity index (χ0v) is 21.2. The molecule has 0 radical (unpaired) electrons. The Morgan fingerprint density at radius 2 is 2.03 bits per heavy atom. The van der Waals surface area contributed by atoms with Gasteiger partial charge in [0.25, 0.3) is 0 Å². The van der Waals surface area contributed by atoms with Crippen molar-refractivity contribution in [2.45, 2.75) is 45.3 Å². The summed E-state index contributed by atoms with van der Waals surface area (Å²) in [6, 6.07) is 14.1. The number of hydrogen-bond acceptors (Lipinski definition) is 8. The lowest BCUT2D eigenvalue weighted by molar-refractivity contribution is 0.242. The number of nitrogens with one attached hydrogen (secondary N) is 1. The molecule has 0 saturated carbocycles. The van der Waals surface area contributed by atoms with Crippen LogP contribution in [0.15, 0.2) is 36.4 Å². The van der Waals surface area contributed by atoms with Gasteiger partial charge in [-0.2, -0.15) is 5.26 Å². The van der Waals surface area contributed by atoms with Crippen LogP contribution in [0, 0.1) is 11.3 Å². The maximum absolute atomic E-state index is 11.5. The van der Waals surface area contributed by atoms with E-state index in [0.29, 0.717) is 17.9 Å². The van der Waals surface area contributed by atoms with E-state index in [-0.39, 0.29) is 17.9 Å². The van der Waals surface area contributed by atoms with Gasteiger partial charge >= 0.3 is 0 Å². The van der Waals surface area contributed by atoms with Crippen LogP contribution in [0.1, 0.15) is 49.4 Å². The zero-order valence-electron chi connectivity index (χ0n) is 19.5. The second kappa shape index (κ2) is 10.2. The predicted octanol–water partition coefficient (Wildman–Crippen LogP) is 4.54. The molecule has 4 rings (SSSR count). The topological polar surface area (TPSA) is 105 Å². The molecule has 0 bridgehead atoms. The molecule has 0 saturated heterocycles. The molecule has 0 spiro atoms. The number of aromatic nitrogens is 2. The van der Waals surface area contributed by atoms with Crippen molar-refractivity contribution < 1.29 is 13.2 Å². The van der Waals surface area contributed by atoms with Gasteiger partial charge in [0.05, 0.1) is 17.4 Å². The molecule has 2 aromatic carbocycles. The lowest BCUT2D eigenvalue weighted by Crippen LogP contribution is -2.29. The summed E-state index contributed by atoms with van der Waals surface area (Å²) in [5, 5.41) is 23.4. The Hall–Kier alpha value is -2.80. The molecule has 1 heterocycles. The number of fused-ring (bicyclic) bond motifs is 1. The van der Waals surface area contributed by atoms with E-state index in [4.69, 9.17) is 4.74 Å². The Labute approximate surface area is 204 Å². The number of hydrogen-bond donors (Lipinski definition) is 1. The van der Waals surface area contributed by atoms with E-state index >= 15 is 0 Å². The number of nitriles is 1. The Morgan fingerprint density at radius 1 is 1.24 bits per heavy atom. The van der Waals surface area contributed by atoms with E-state index in [2.05, 4.69) is 33.7 Å². The first kappa shape index (κ1) is 24.3. The SMILES string of the molecule is CC(C)Oc1ccc(-c2nnc(-c3cccc4c3CCCC4NCCS(C)(=O)=O)s2)cc1C#N. The third-order valence-corrected chi connectivity index (χ3v) is 7.69. The van der Waals surface area contributed by atoms with Crippen LogP contribution in [-0.2, 0) is 16.3 Å². The van der Waals surface area contributed by atoms with Crippen LogP contribution >= 0.6 is 11.3 Å². The van der Waals surface area contributed by atoms with Crippen molar-refractivity contribution in [1.29, 1.82) is 5.26 Å². The highest BCUT2D eigenvalue weighted by Crippen LogP contribution is 2.39. The van der Waals surface area contributed by atoms with Crippen molar-refractivity contribution in [2.24, 2.45) is 0 Å². The van der Waals surface area contributed by atoms with Gasteiger partial charge in [-0.05, 0) is 62.4 Å². The minimum atomic E-state index is -3.00. The fourth-order valence-corrected chi connectivity index (χ4v) is 5.62. The van der Waals surface area contributed by atoms with Crippen molar-refractivity contribution in [2.75, 3.05) is 18.6 Å². The molecule has 34 heavy (non-hydrogen) atoms. The van der Waals surface area contributed by atoms with Crippen LogP contribution in [0.2, 0.25) is 0 Å². The van der Waals surface area contributed by atoms with Gasteiger partial charge in [-0.3, -0.25) is 0 Å². The molecule has 1 unspecified atom stereocenters. The predicted molar refractivity (Wildman–Crippen MR) is 135 cm³/mol. The lowest BCUT2D eigenvalue weighted by atomic mass is 9.85. The maximum Gasteiger partial charge on any atom is 0.148 e. The smallest absolute Gasteiger partial charge is 0.148 e. The fourth-order valence-electron chi connectivity index (χ4n) is 4.24. The summed E-state index contributed by atoms with van der Waals surface area (Å²) in [5.41, 5.74) is 4.82. The van der Waals surface area contributed by atoms with Gasteiger partial charge in [-0.1, -0.05) is 29.5 Å². The molecule has 1 aliphatic carbocycles. The molecular weight excluding hydrogens is 468 g/mol. The maximum atomic E-state index is 11.5. The quantitative estimate of drug-likeness (QED) is 0.488. The van der Waals surface area contributed by atoms with E-state index in [1.165, 1.54) is 28.7 Å². The van der Waals surface area contributed by atoms with Crippen molar-refractivity contribution in [3.05, 3.63) is 53.1 Å². The molecule has 1 N–H and O–H groups in total. The standard InChI is InChI=1S/C25H28N4O3S2/c1-16(2)32-23-11-10-17(14-18(23)15-26)24-28-29-25(33-24)21-8-4-7-20-19(21)6-5-9-22(20)27-12-13-34(3,30)31/h4,7-8,10-11,14,16,22,27H,5-6,9,12-13H2,1-3H3. The summed E-state index contributed by atoms with van der Waals surface area (Å²) in [6.07, 6.45) is 4.20. The van der Waals surface area contributed by atoms with Gasteiger partial charge in [-0.15, -0.1) is 10.2 Å². The van der Waals surface area contributed by atoms with Crippen molar-refractivity contribution >= 4 is 21.2 Å². The highest BCUT2D eigenvalue weighted by Gasteiger charge is 2.24.